The van der Waals surface area contributed by atoms with E-state index in [9.17, 15) is 5.26 Å². The molecule has 1 aliphatic rings. The maximum absolute atomic E-state index is 9.58. The predicted molar refractivity (Wildman–Crippen MR) is 90.3 cm³/mol. The van der Waals surface area contributed by atoms with E-state index in [1.807, 2.05) is 0 Å². The van der Waals surface area contributed by atoms with Crippen LogP contribution in [0.5, 0.6) is 0 Å². The van der Waals surface area contributed by atoms with Gasteiger partial charge < -0.3 is 4.90 Å². The van der Waals surface area contributed by atoms with Crippen LogP contribution in [-0.2, 0) is 0 Å². The third kappa shape index (κ3) is 5.96. The molecule has 1 saturated heterocycles. The molecule has 0 saturated carbocycles. The van der Waals surface area contributed by atoms with Crippen LogP contribution in [0.2, 0.25) is 0 Å². The Morgan fingerprint density at radius 3 is 2.62 bits per heavy atom. The zero-order valence-corrected chi connectivity index (χ0v) is 14.6. The van der Waals surface area contributed by atoms with Gasteiger partial charge >= 0.3 is 0 Å². The van der Waals surface area contributed by atoms with E-state index in [1.165, 1.54) is 38.6 Å². The van der Waals surface area contributed by atoms with E-state index in [2.05, 4.69) is 44.0 Å². The minimum absolute atomic E-state index is 0.332. The van der Waals surface area contributed by atoms with Crippen LogP contribution >= 0.6 is 0 Å². The molecule has 0 radical (unpaired) electrons. The summed E-state index contributed by atoms with van der Waals surface area (Å²) in [4.78, 5) is 2.68. The van der Waals surface area contributed by atoms with Crippen LogP contribution < -0.4 is 5.32 Å². The van der Waals surface area contributed by atoms with Crippen LogP contribution in [0, 0.1) is 11.3 Å². The fourth-order valence-electron chi connectivity index (χ4n) is 3.65. The molecule has 1 heterocycles. The first-order chi connectivity index (χ1) is 10.1. The van der Waals surface area contributed by atoms with Gasteiger partial charge in [-0.15, -0.1) is 0 Å². The van der Waals surface area contributed by atoms with Gasteiger partial charge in [0.15, 0.2) is 0 Å². The van der Waals surface area contributed by atoms with E-state index in [-0.39, 0.29) is 5.54 Å². The van der Waals surface area contributed by atoms with Crippen LogP contribution in [0.3, 0.4) is 0 Å². The van der Waals surface area contributed by atoms with E-state index in [4.69, 9.17) is 0 Å². The number of nitriles is 1. The van der Waals surface area contributed by atoms with E-state index in [0.717, 1.165) is 31.8 Å². The third-order valence-electron chi connectivity index (χ3n) is 4.90. The summed E-state index contributed by atoms with van der Waals surface area (Å²) in [5, 5.41) is 13.1. The standard InChI is InChI=1S/C18H35N3/c1-5-17-11-8-7-9-13-21(17)14-10-12-18(6-2,15-19)20-16(3)4/h16-17,20H,5-14H2,1-4H3. The van der Waals surface area contributed by atoms with Crippen LogP contribution in [-0.4, -0.2) is 35.6 Å². The molecule has 0 aromatic carbocycles. The number of nitrogens with one attached hydrogen (secondary N) is 1. The molecule has 21 heavy (non-hydrogen) atoms. The zero-order chi connectivity index (χ0) is 15.7. The van der Waals surface area contributed by atoms with Gasteiger partial charge in [0.25, 0.3) is 0 Å². The highest BCUT2D eigenvalue weighted by atomic mass is 15.2. The molecule has 3 heteroatoms. The second-order valence-electron chi connectivity index (χ2n) is 6.90. The van der Waals surface area contributed by atoms with Crippen LogP contribution in [0.25, 0.3) is 0 Å². The first kappa shape index (κ1) is 18.5. The van der Waals surface area contributed by atoms with Gasteiger partial charge in [0.2, 0.25) is 0 Å². The Bertz CT molecular complexity index is 321. The molecule has 0 amide bonds. The van der Waals surface area contributed by atoms with Crippen LogP contribution in [0.15, 0.2) is 0 Å². The lowest BCUT2D eigenvalue weighted by Gasteiger charge is -2.32. The molecule has 0 aromatic heterocycles. The van der Waals surface area contributed by atoms with Crippen molar-refractivity contribution in [2.75, 3.05) is 13.1 Å². The van der Waals surface area contributed by atoms with Crippen molar-refractivity contribution in [3.63, 3.8) is 0 Å². The van der Waals surface area contributed by atoms with E-state index in [1.54, 1.807) is 0 Å². The summed E-state index contributed by atoms with van der Waals surface area (Å²) < 4.78 is 0. The smallest absolute Gasteiger partial charge is 0.106 e. The highest BCUT2D eigenvalue weighted by Crippen LogP contribution is 2.22. The second kappa shape index (κ2) is 9.43. The van der Waals surface area contributed by atoms with Gasteiger partial charge in [-0.1, -0.05) is 26.7 Å². The normalized spacial score (nSPS) is 23.5. The molecule has 1 aliphatic heterocycles. The Morgan fingerprint density at radius 1 is 1.29 bits per heavy atom. The lowest BCUT2D eigenvalue weighted by molar-refractivity contribution is 0.183. The predicted octanol–water partition coefficient (Wildman–Crippen LogP) is 4.09. The van der Waals surface area contributed by atoms with Crippen molar-refractivity contribution in [2.24, 2.45) is 0 Å². The molecule has 0 spiro atoms. The summed E-state index contributed by atoms with van der Waals surface area (Å²) in [6.07, 6.45) is 9.72. The summed E-state index contributed by atoms with van der Waals surface area (Å²) in [5.41, 5.74) is -0.332. The van der Waals surface area contributed by atoms with Crippen molar-refractivity contribution >= 4 is 0 Å². The maximum atomic E-state index is 9.58. The molecule has 1 rings (SSSR count). The Labute approximate surface area is 132 Å². The average Bonchev–Trinajstić information content (AvgIpc) is 2.70. The topological polar surface area (TPSA) is 39.1 Å². The number of nitrogens with zero attached hydrogens (tertiary/aromatic N) is 2. The second-order valence-corrected chi connectivity index (χ2v) is 6.90. The maximum Gasteiger partial charge on any atom is 0.106 e. The van der Waals surface area contributed by atoms with Gasteiger partial charge in [0.05, 0.1) is 6.07 Å². The van der Waals surface area contributed by atoms with Crippen molar-refractivity contribution in [3.8, 4) is 6.07 Å². The molecule has 3 nitrogen and oxygen atoms in total. The molecular formula is C18H35N3. The molecular weight excluding hydrogens is 258 g/mol. The number of hydrogen-bond donors (Lipinski definition) is 1. The largest absolute Gasteiger partial charge is 0.300 e. The van der Waals surface area contributed by atoms with Gasteiger partial charge in [-0.25, -0.2) is 0 Å². The molecule has 1 fully saturated rings. The van der Waals surface area contributed by atoms with Gasteiger partial charge in [-0.2, -0.15) is 5.26 Å². The SMILES string of the molecule is CCC1CCCCCN1CCCC(C#N)(CC)NC(C)C. The highest BCUT2D eigenvalue weighted by Gasteiger charge is 2.28. The van der Waals surface area contributed by atoms with Gasteiger partial charge in [-0.3, -0.25) is 5.32 Å². The third-order valence-corrected chi connectivity index (χ3v) is 4.90. The Hall–Kier alpha value is -0.590. The number of likely N-dealkylation sites (tertiary alicyclic amines) is 1. The summed E-state index contributed by atoms with van der Waals surface area (Å²) in [6.45, 7) is 11.1. The molecule has 0 bridgehead atoms. The lowest BCUT2D eigenvalue weighted by Crippen LogP contribution is -2.47. The minimum atomic E-state index is -0.332. The van der Waals surface area contributed by atoms with Gasteiger partial charge in [-0.05, 0) is 65.5 Å². The first-order valence-corrected chi connectivity index (χ1v) is 9.00. The fraction of sp³-hybridized carbons (Fsp3) is 0.944. The molecule has 0 aliphatic carbocycles. The van der Waals surface area contributed by atoms with E-state index < -0.39 is 0 Å². The molecule has 2 unspecified atom stereocenters. The summed E-state index contributed by atoms with van der Waals surface area (Å²) in [7, 11) is 0. The summed E-state index contributed by atoms with van der Waals surface area (Å²) >= 11 is 0. The van der Waals surface area contributed by atoms with Crippen molar-refractivity contribution in [1.82, 2.24) is 10.2 Å². The van der Waals surface area contributed by atoms with Crippen LogP contribution in [0.1, 0.15) is 79.1 Å². The quantitative estimate of drug-likeness (QED) is 0.732. The first-order valence-electron chi connectivity index (χ1n) is 9.00. The molecule has 1 N–H and O–H groups in total. The van der Waals surface area contributed by atoms with E-state index in [0.29, 0.717) is 6.04 Å². The molecule has 0 aromatic rings. The Morgan fingerprint density at radius 2 is 2.05 bits per heavy atom. The van der Waals surface area contributed by atoms with Crippen molar-refractivity contribution < 1.29 is 0 Å². The monoisotopic (exact) mass is 293 g/mol. The Balaban J connectivity index is 2.50. The van der Waals surface area contributed by atoms with Crippen molar-refractivity contribution in [2.45, 2.75) is 96.7 Å². The van der Waals surface area contributed by atoms with Crippen molar-refractivity contribution in [1.29, 1.82) is 5.26 Å². The fourth-order valence-corrected chi connectivity index (χ4v) is 3.65. The summed E-state index contributed by atoms with van der Waals surface area (Å²) in [5.74, 6) is 0. The lowest BCUT2D eigenvalue weighted by atomic mass is 9.91. The zero-order valence-electron chi connectivity index (χ0n) is 14.6. The molecule has 2 atom stereocenters. The minimum Gasteiger partial charge on any atom is -0.300 e. The number of hydrogen-bond acceptors (Lipinski definition) is 3. The van der Waals surface area contributed by atoms with E-state index >= 15 is 0 Å². The Kier molecular flexibility index (Phi) is 8.29. The van der Waals surface area contributed by atoms with Crippen LogP contribution in [0.4, 0.5) is 0 Å². The summed E-state index contributed by atoms with van der Waals surface area (Å²) in [6, 6.07) is 3.68. The highest BCUT2D eigenvalue weighted by molar-refractivity contribution is 5.06. The van der Waals surface area contributed by atoms with Crippen molar-refractivity contribution in [3.05, 3.63) is 0 Å². The molecule has 122 valence electrons. The average molecular weight is 293 g/mol. The van der Waals surface area contributed by atoms with Gasteiger partial charge in [0, 0.05) is 12.1 Å². The van der Waals surface area contributed by atoms with Gasteiger partial charge in [0.1, 0.15) is 5.54 Å². The number of rotatable bonds is 8.